The third kappa shape index (κ3) is 6.66. The lowest BCUT2D eigenvalue weighted by Crippen LogP contribution is -2.38. The fourth-order valence-corrected chi connectivity index (χ4v) is 8.57. The van der Waals surface area contributed by atoms with Crippen LogP contribution in [0.15, 0.2) is 91.0 Å². The Kier molecular flexibility index (Phi) is 9.17. The lowest BCUT2D eigenvalue weighted by molar-refractivity contribution is 0.0302. The van der Waals surface area contributed by atoms with Crippen LogP contribution in [0.1, 0.15) is 50.3 Å². The summed E-state index contributed by atoms with van der Waals surface area (Å²) in [5.74, 6) is 0.538. The summed E-state index contributed by atoms with van der Waals surface area (Å²) in [6.07, 6.45) is 3.14. The van der Waals surface area contributed by atoms with Gasteiger partial charge in [-0.3, -0.25) is 0 Å². The molecule has 0 aliphatic carbocycles. The molecule has 0 radical (unpaired) electrons. The summed E-state index contributed by atoms with van der Waals surface area (Å²) in [7, 11) is -3.37. The Bertz CT molecular complexity index is 1120. The SMILES string of the molecule is CC(C)C[C@H](C)OC[C@@H]1C[C@@H](SC(c2ccccc2)(c2ccccc2)c2ccccc2)CN1S(C)(=O)=O. The van der Waals surface area contributed by atoms with Gasteiger partial charge in [0.15, 0.2) is 0 Å². The molecule has 1 saturated heterocycles. The summed E-state index contributed by atoms with van der Waals surface area (Å²) in [5, 5.41) is 0.101. The minimum atomic E-state index is -3.37. The molecule has 1 aliphatic rings. The van der Waals surface area contributed by atoms with Crippen LogP contribution in [0.4, 0.5) is 0 Å². The van der Waals surface area contributed by atoms with E-state index in [0.717, 1.165) is 12.8 Å². The van der Waals surface area contributed by atoms with E-state index in [4.69, 9.17) is 4.74 Å². The average molecular weight is 538 g/mol. The van der Waals surface area contributed by atoms with E-state index >= 15 is 0 Å². The van der Waals surface area contributed by atoms with E-state index in [1.165, 1.54) is 22.9 Å². The predicted molar refractivity (Wildman–Crippen MR) is 155 cm³/mol. The van der Waals surface area contributed by atoms with E-state index in [-0.39, 0.29) is 17.4 Å². The number of sulfonamides is 1. The molecule has 0 bridgehead atoms. The monoisotopic (exact) mass is 537 g/mol. The van der Waals surface area contributed by atoms with Crippen molar-refractivity contribution < 1.29 is 13.2 Å². The van der Waals surface area contributed by atoms with Gasteiger partial charge in [0.2, 0.25) is 10.0 Å². The van der Waals surface area contributed by atoms with Crippen LogP contribution in [0.25, 0.3) is 0 Å². The summed E-state index contributed by atoms with van der Waals surface area (Å²) in [6, 6.07) is 31.6. The Morgan fingerprint density at radius 3 is 1.73 bits per heavy atom. The van der Waals surface area contributed by atoms with Crippen LogP contribution in [0.5, 0.6) is 0 Å². The Hall–Kier alpha value is -2.12. The molecule has 1 fully saturated rings. The fraction of sp³-hybridized carbons (Fsp3) is 0.419. The van der Waals surface area contributed by atoms with Gasteiger partial charge in [-0.2, -0.15) is 4.31 Å². The van der Waals surface area contributed by atoms with Crippen LogP contribution in [-0.2, 0) is 19.5 Å². The highest BCUT2D eigenvalue weighted by atomic mass is 32.2. The summed E-state index contributed by atoms with van der Waals surface area (Å²) >= 11 is 1.87. The molecule has 1 aliphatic heterocycles. The Labute approximate surface area is 227 Å². The average Bonchev–Trinajstić information content (AvgIpc) is 3.30. The maximum absolute atomic E-state index is 12.8. The van der Waals surface area contributed by atoms with Crippen molar-refractivity contribution in [3.05, 3.63) is 108 Å². The number of hydrogen-bond donors (Lipinski definition) is 0. The predicted octanol–water partition coefficient (Wildman–Crippen LogP) is 6.57. The smallest absolute Gasteiger partial charge is 0.211 e. The molecule has 4 nitrogen and oxygen atoms in total. The highest BCUT2D eigenvalue weighted by Gasteiger charge is 2.45. The van der Waals surface area contributed by atoms with Gasteiger partial charge in [0, 0.05) is 17.8 Å². The Morgan fingerprint density at radius 2 is 1.32 bits per heavy atom. The van der Waals surface area contributed by atoms with Crippen molar-refractivity contribution in [1.29, 1.82) is 0 Å². The lowest BCUT2D eigenvalue weighted by atomic mass is 9.84. The van der Waals surface area contributed by atoms with Gasteiger partial charge < -0.3 is 4.74 Å². The summed E-state index contributed by atoms with van der Waals surface area (Å²) in [6.45, 7) is 7.34. The first-order valence-electron chi connectivity index (χ1n) is 13.1. The van der Waals surface area contributed by atoms with Gasteiger partial charge in [0.25, 0.3) is 0 Å². The maximum Gasteiger partial charge on any atom is 0.211 e. The van der Waals surface area contributed by atoms with Crippen LogP contribution >= 0.6 is 11.8 Å². The molecule has 198 valence electrons. The lowest BCUT2D eigenvalue weighted by Gasteiger charge is -2.37. The van der Waals surface area contributed by atoms with Crippen LogP contribution < -0.4 is 0 Å². The molecule has 6 heteroatoms. The molecule has 0 unspecified atom stereocenters. The van der Waals surface area contributed by atoms with Crippen molar-refractivity contribution in [2.75, 3.05) is 19.4 Å². The molecular formula is C31H39NO3S2. The summed E-state index contributed by atoms with van der Waals surface area (Å²) in [5.41, 5.74) is 3.57. The highest BCUT2D eigenvalue weighted by molar-refractivity contribution is 8.01. The minimum absolute atomic E-state index is 0.101. The quantitative estimate of drug-likeness (QED) is 0.260. The fourth-order valence-electron chi connectivity index (χ4n) is 5.47. The van der Waals surface area contributed by atoms with Crippen molar-refractivity contribution >= 4 is 21.8 Å². The van der Waals surface area contributed by atoms with Crippen molar-refractivity contribution in [1.82, 2.24) is 4.31 Å². The first-order valence-corrected chi connectivity index (χ1v) is 15.9. The molecule has 0 spiro atoms. The van der Waals surface area contributed by atoms with Crippen LogP contribution in [-0.4, -0.2) is 49.5 Å². The third-order valence-corrected chi connectivity index (χ3v) is 10.0. The van der Waals surface area contributed by atoms with Gasteiger partial charge in [-0.25, -0.2) is 8.42 Å². The molecule has 0 amide bonds. The van der Waals surface area contributed by atoms with E-state index in [0.29, 0.717) is 19.1 Å². The molecule has 3 aromatic rings. The van der Waals surface area contributed by atoms with Gasteiger partial charge >= 0.3 is 0 Å². The summed E-state index contributed by atoms with van der Waals surface area (Å²) < 4.78 is 33.1. The second-order valence-electron chi connectivity index (χ2n) is 10.5. The number of ether oxygens (including phenoxy) is 1. The second-order valence-corrected chi connectivity index (χ2v) is 14.0. The van der Waals surface area contributed by atoms with Crippen molar-refractivity contribution in [2.24, 2.45) is 5.92 Å². The normalized spacial score (nSPS) is 19.8. The van der Waals surface area contributed by atoms with E-state index < -0.39 is 14.8 Å². The topological polar surface area (TPSA) is 46.6 Å². The molecule has 1 heterocycles. The number of thioether (sulfide) groups is 1. The molecule has 37 heavy (non-hydrogen) atoms. The molecule has 4 rings (SSSR count). The third-order valence-electron chi connectivity index (χ3n) is 7.01. The van der Waals surface area contributed by atoms with Crippen molar-refractivity contribution in [3.63, 3.8) is 0 Å². The molecule has 0 saturated carbocycles. The van der Waals surface area contributed by atoms with E-state index in [9.17, 15) is 8.42 Å². The van der Waals surface area contributed by atoms with Gasteiger partial charge in [-0.05, 0) is 42.4 Å². The zero-order valence-corrected chi connectivity index (χ0v) is 23.9. The van der Waals surface area contributed by atoms with Gasteiger partial charge in [-0.1, -0.05) is 105 Å². The number of rotatable bonds is 11. The van der Waals surface area contributed by atoms with E-state index in [1.54, 1.807) is 4.31 Å². The number of hydrogen-bond acceptors (Lipinski definition) is 4. The summed E-state index contributed by atoms with van der Waals surface area (Å²) in [4.78, 5) is 0. The first kappa shape index (κ1) is 27.9. The Morgan fingerprint density at radius 1 is 0.865 bits per heavy atom. The zero-order valence-electron chi connectivity index (χ0n) is 22.3. The van der Waals surface area contributed by atoms with E-state index in [2.05, 4.69) is 93.6 Å². The van der Waals surface area contributed by atoms with Gasteiger partial charge in [0.05, 0.1) is 23.7 Å². The number of nitrogens with zero attached hydrogens (tertiary/aromatic N) is 1. The molecule has 3 aromatic carbocycles. The Balaban J connectivity index is 1.71. The number of benzene rings is 3. The van der Waals surface area contributed by atoms with Gasteiger partial charge in [-0.15, -0.1) is 11.8 Å². The van der Waals surface area contributed by atoms with E-state index in [1.807, 2.05) is 30.0 Å². The molecule has 0 N–H and O–H groups in total. The van der Waals surface area contributed by atoms with Crippen molar-refractivity contribution in [2.45, 2.75) is 55.8 Å². The zero-order chi connectivity index (χ0) is 26.5. The van der Waals surface area contributed by atoms with Crippen LogP contribution in [0.3, 0.4) is 0 Å². The highest BCUT2D eigenvalue weighted by Crippen LogP contribution is 2.52. The second kappa shape index (κ2) is 12.2. The van der Waals surface area contributed by atoms with Crippen LogP contribution in [0, 0.1) is 5.92 Å². The van der Waals surface area contributed by atoms with Crippen molar-refractivity contribution in [3.8, 4) is 0 Å². The van der Waals surface area contributed by atoms with Gasteiger partial charge in [0.1, 0.15) is 0 Å². The largest absolute Gasteiger partial charge is 0.377 e. The molecule has 0 aromatic heterocycles. The molecular weight excluding hydrogens is 498 g/mol. The maximum atomic E-state index is 12.8. The standard InChI is InChI=1S/C31H39NO3S2/c1-24(2)20-25(3)35-23-29-21-30(22-32(29)37(4,33)34)36-31(26-14-8-5-9-15-26,27-16-10-6-11-17-27)28-18-12-7-13-19-28/h5-19,24-25,29-30H,20-23H2,1-4H3/t25-,29-,30+/m0/s1. The minimum Gasteiger partial charge on any atom is -0.377 e. The van der Waals surface area contributed by atoms with Crippen LogP contribution in [0.2, 0.25) is 0 Å². The molecule has 3 atom stereocenters. The first-order chi connectivity index (χ1) is 17.7.